The average Bonchev–Trinajstić information content (AvgIpc) is 2.64. The molecule has 0 atom stereocenters. The van der Waals surface area contributed by atoms with Crippen molar-refractivity contribution >= 4 is 17.3 Å². The molecule has 0 spiro atoms. The van der Waals surface area contributed by atoms with Crippen molar-refractivity contribution in [2.75, 3.05) is 0 Å². The Morgan fingerprint density at radius 1 is 1.35 bits per heavy atom. The van der Waals surface area contributed by atoms with E-state index in [-0.39, 0.29) is 16.1 Å². The zero-order valence-electron chi connectivity index (χ0n) is 8.70. The van der Waals surface area contributed by atoms with Gasteiger partial charge in [0.2, 0.25) is 0 Å². The zero-order valence-corrected chi connectivity index (χ0v) is 9.52. The normalized spacial score (nSPS) is 10.5. The van der Waals surface area contributed by atoms with Crippen LogP contribution >= 0.6 is 11.3 Å². The number of hydrogen-bond acceptors (Lipinski definition) is 3. The first-order valence-electron chi connectivity index (χ1n) is 4.65. The smallest absolute Gasteiger partial charge is 0.348 e. The average molecular weight is 255 g/mol. The van der Waals surface area contributed by atoms with Gasteiger partial charge in [0, 0.05) is 5.56 Å². The van der Waals surface area contributed by atoms with Crippen molar-refractivity contribution in [2.24, 2.45) is 0 Å². The molecule has 0 aliphatic carbocycles. The molecule has 0 amide bonds. The van der Waals surface area contributed by atoms with E-state index in [1.54, 1.807) is 6.92 Å². The van der Waals surface area contributed by atoms with Crippen LogP contribution in [-0.4, -0.2) is 16.1 Å². The predicted molar refractivity (Wildman–Crippen MR) is 59.2 cm³/mol. The summed E-state index contributed by atoms with van der Waals surface area (Å²) in [6.07, 6.45) is 0. The summed E-state index contributed by atoms with van der Waals surface area (Å²) in [4.78, 5) is 15.0. The Morgan fingerprint density at radius 2 is 2.06 bits per heavy atom. The number of carboxylic acids is 1. The summed E-state index contributed by atoms with van der Waals surface area (Å²) in [5.41, 5.74) is 0.421. The number of carbonyl (C=O) groups is 1. The Balaban J connectivity index is 2.59. The van der Waals surface area contributed by atoms with E-state index < -0.39 is 17.6 Å². The molecule has 3 nitrogen and oxygen atoms in total. The fourth-order valence-corrected chi connectivity index (χ4v) is 2.19. The van der Waals surface area contributed by atoms with Gasteiger partial charge < -0.3 is 5.11 Å². The maximum absolute atomic E-state index is 13.1. The van der Waals surface area contributed by atoms with E-state index >= 15 is 0 Å². The maximum Gasteiger partial charge on any atom is 0.348 e. The van der Waals surface area contributed by atoms with Gasteiger partial charge in [0.25, 0.3) is 0 Å². The summed E-state index contributed by atoms with van der Waals surface area (Å²) in [6, 6.07) is 3.20. The van der Waals surface area contributed by atoms with Crippen LogP contribution in [0.25, 0.3) is 11.3 Å². The number of hydrogen-bond donors (Lipinski definition) is 1. The lowest BCUT2D eigenvalue weighted by molar-refractivity contribution is 0.0702. The van der Waals surface area contributed by atoms with Gasteiger partial charge in [-0.05, 0) is 25.1 Å². The second-order valence-electron chi connectivity index (χ2n) is 3.34. The summed E-state index contributed by atoms with van der Waals surface area (Å²) in [6.45, 7) is 1.65. The molecule has 0 saturated heterocycles. The first-order valence-corrected chi connectivity index (χ1v) is 5.47. The second-order valence-corrected chi connectivity index (χ2v) is 4.55. The molecule has 0 unspecified atom stereocenters. The van der Waals surface area contributed by atoms with Crippen molar-refractivity contribution in [1.82, 2.24) is 4.98 Å². The van der Waals surface area contributed by atoms with Crippen molar-refractivity contribution in [2.45, 2.75) is 6.92 Å². The van der Waals surface area contributed by atoms with Crippen molar-refractivity contribution < 1.29 is 18.7 Å². The maximum atomic E-state index is 13.1. The van der Waals surface area contributed by atoms with Crippen molar-refractivity contribution in [3.63, 3.8) is 0 Å². The third kappa shape index (κ3) is 2.16. The summed E-state index contributed by atoms with van der Waals surface area (Å²) >= 11 is 1.00. The minimum atomic E-state index is -1.13. The van der Waals surface area contributed by atoms with Gasteiger partial charge in [-0.1, -0.05) is 0 Å². The SMILES string of the molecule is Cc1nc(-c2ccc(F)c(F)c2)c(C(=O)O)s1. The second kappa shape index (κ2) is 4.21. The third-order valence-electron chi connectivity index (χ3n) is 2.12. The van der Waals surface area contributed by atoms with Crippen molar-refractivity contribution in [3.05, 3.63) is 39.7 Å². The van der Waals surface area contributed by atoms with Gasteiger partial charge in [0.05, 0.1) is 10.7 Å². The van der Waals surface area contributed by atoms with E-state index in [1.165, 1.54) is 6.07 Å². The number of carboxylic acid groups (broad SMARTS) is 1. The standard InChI is InChI=1S/C11H7F2NO2S/c1-5-14-9(10(17-5)11(15)16)6-2-3-7(12)8(13)4-6/h2-4H,1H3,(H,15,16). The molecule has 0 radical (unpaired) electrons. The number of benzene rings is 1. The van der Waals surface area contributed by atoms with E-state index in [0.29, 0.717) is 5.01 Å². The molecule has 0 saturated carbocycles. The monoisotopic (exact) mass is 255 g/mol. The van der Waals surface area contributed by atoms with Gasteiger partial charge in [-0.2, -0.15) is 0 Å². The quantitative estimate of drug-likeness (QED) is 0.897. The molecule has 0 bridgehead atoms. The number of rotatable bonds is 2. The molecule has 0 aliphatic rings. The zero-order chi connectivity index (χ0) is 12.6. The van der Waals surface area contributed by atoms with Crippen LogP contribution < -0.4 is 0 Å². The molecule has 88 valence electrons. The number of aromatic nitrogens is 1. The summed E-state index contributed by atoms with van der Waals surface area (Å²) < 4.78 is 25.8. The Labute approximate surface area is 99.4 Å². The number of aryl methyl sites for hydroxylation is 1. The van der Waals surface area contributed by atoms with E-state index in [2.05, 4.69) is 4.98 Å². The summed E-state index contributed by atoms with van der Waals surface area (Å²) in [7, 11) is 0. The van der Waals surface area contributed by atoms with Gasteiger partial charge in [-0.3, -0.25) is 0 Å². The number of nitrogens with zero attached hydrogens (tertiary/aromatic N) is 1. The first-order chi connectivity index (χ1) is 7.99. The highest BCUT2D eigenvalue weighted by molar-refractivity contribution is 7.14. The number of thiazole rings is 1. The summed E-state index contributed by atoms with van der Waals surface area (Å²) in [5, 5.41) is 9.52. The Morgan fingerprint density at radius 3 is 2.65 bits per heavy atom. The van der Waals surface area contributed by atoms with Crippen LogP contribution in [0.4, 0.5) is 8.78 Å². The van der Waals surface area contributed by atoms with Crippen LogP contribution in [-0.2, 0) is 0 Å². The molecule has 2 aromatic rings. The Kier molecular flexibility index (Phi) is 2.89. The highest BCUT2D eigenvalue weighted by Gasteiger charge is 2.18. The molecule has 1 heterocycles. The highest BCUT2D eigenvalue weighted by atomic mass is 32.1. The molecule has 17 heavy (non-hydrogen) atoms. The van der Waals surface area contributed by atoms with Crippen LogP contribution in [0, 0.1) is 18.6 Å². The fourth-order valence-electron chi connectivity index (χ4n) is 1.41. The van der Waals surface area contributed by atoms with Gasteiger partial charge in [-0.25, -0.2) is 18.6 Å². The van der Waals surface area contributed by atoms with Gasteiger partial charge in [0.15, 0.2) is 11.6 Å². The van der Waals surface area contributed by atoms with Crippen molar-refractivity contribution in [1.29, 1.82) is 0 Å². The molecule has 2 rings (SSSR count). The molecular formula is C11H7F2NO2S. The minimum Gasteiger partial charge on any atom is -0.477 e. The lowest BCUT2D eigenvalue weighted by Gasteiger charge is -2.00. The molecular weight excluding hydrogens is 248 g/mol. The molecule has 1 N–H and O–H groups in total. The summed E-state index contributed by atoms with van der Waals surface area (Å²) in [5.74, 6) is -3.13. The predicted octanol–water partition coefficient (Wildman–Crippen LogP) is 3.09. The fraction of sp³-hybridized carbons (Fsp3) is 0.0909. The van der Waals surface area contributed by atoms with E-state index in [9.17, 15) is 13.6 Å². The minimum absolute atomic E-state index is 0.0218. The molecule has 0 aliphatic heterocycles. The first kappa shape index (κ1) is 11.7. The topological polar surface area (TPSA) is 50.2 Å². The lowest BCUT2D eigenvalue weighted by Crippen LogP contribution is -1.96. The number of halogens is 2. The van der Waals surface area contributed by atoms with E-state index in [4.69, 9.17) is 5.11 Å². The Hall–Kier alpha value is -1.82. The Bertz CT molecular complexity index is 595. The van der Waals surface area contributed by atoms with Crippen LogP contribution in [0.3, 0.4) is 0 Å². The van der Waals surface area contributed by atoms with E-state index in [1.807, 2.05) is 0 Å². The molecule has 1 aromatic carbocycles. The van der Waals surface area contributed by atoms with Gasteiger partial charge in [-0.15, -0.1) is 11.3 Å². The molecule has 0 fully saturated rings. The molecule has 6 heteroatoms. The number of aromatic carboxylic acids is 1. The van der Waals surface area contributed by atoms with Crippen LogP contribution in [0.15, 0.2) is 18.2 Å². The van der Waals surface area contributed by atoms with Crippen LogP contribution in [0.5, 0.6) is 0 Å². The van der Waals surface area contributed by atoms with Gasteiger partial charge >= 0.3 is 5.97 Å². The highest BCUT2D eigenvalue weighted by Crippen LogP contribution is 2.28. The van der Waals surface area contributed by atoms with Crippen LogP contribution in [0.1, 0.15) is 14.7 Å². The van der Waals surface area contributed by atoms with Crippen LogP contribution in [0.2, 0.25) is 0 Å². The lowest BCUT2D eigenvalue weighted by atomic mass is 10.1. The molecule has 1 aromatic heterocycles. The van der Waals surface area contributed by atoms with E-state index in [0.717, 1.165) is 23.5 Å². The van der Waals surface area contributed by atoms with Gasteiger partial charge in [0.1, 0.15) is 4.88 Å². The largest absolute Gasteiger partial charge is 0.477 e. The van der Waals surface area contributed by atoms with Crippen molar-refractivity contribution in [3.8, 4) is 11.3 Å². The third-order valence-corrected chi connectivity index (χ3v) is 3.08.